The van der Waals surface area contributed by atoms with E-state index < -0.39 is 41.6 Å². The van der Waals surface area contributed by atoms with E-state index in [-0.39, 0.29) is 30.1 Å². The van der Waals surface area contributed by atoms with Crippen LogP contribution in [0.4, 0.5) is 10.1 Å². The van der Waals surface area contributed by atoms with Crippen LogP contribution in [0.3, 0.4) is 0 Å². The minimum atomic E-state index is -1.10. The Hall–Kier alpha value is -3.31. The fourth-order valence-electron chi connectivity index (χ4n) is 5.59. The summed E-state index contributed by atoms with van der Waals surface area (Å²) < 4.78 is 22.4. The van der Waals surface area contributed by atoms with Gasteiger partial charge in [0.05, 0.1) is 29.4 Å². The van der Waals surface area contributed by atoms with E-state index in [1.807, 2.05) is 48.5 Å². The molecule has 0 aromatic heterocycles. The zero-order valence-electron chi connectivity index (χ0n) is 23.5. The Labute approximate surface area is 253 Å². The normalized spacial score (nSPS) is 20.9. The molecule has 0 spiro atoms. The maximum atomic E-state index is 15.5. The number of anilines is 1. The van der Waals surface area contributed by atoms with Gasteiger partial charge in [-0.1, -0.05) is 52.3 Å². The molecule has 2 aliphatic rings. The van der Waals surface area contributed by atoms with Gasteiger partial charge in [-0.05, 0) is 62.6 Å². The summed E-state index contributed by atoms with van der Waals surface area (Å²) in [6.45, 7) is 4.01. The average molecular weight is 641 g/mol. The van der Waals surface area contributed by atoms with Crippen LogP contribution in [-0.2, 0) is 11.2 Å². The zero-order valence-corrected chi connectivity index (χ0v) is 25.1. The first-order valence-electron chi connectivity index (χ1n) is 14.1. The number of rotatable bonds is 9. The highest BCUT2D eigenvalue weighted by atomic mass is 79.9. The van der Waals surface area contributed by atoms with Crippen LogP contribution in [0.5, 0.6) is 5.75 Å². The van der Waals surface area contributed by atoms with Gasteiger partial charge in [-0.15, -0.1) is 0 Å². The summed E-state index contributed by atoms with van der Waals surface area (Å²) >= 11 is 3.48. The van der Waals surface area contributed by atoms with E-state index in [0.717, 1.165) is 15.6 Å². The Morgan fingerprint density at radius 2 is 1.93 bits per heavy atom. The molecule has 4 N–H and O–H groups in total. The van der Waals surface area contributed by atoms with Crippen LogP contribution in [0.2, 0.25) is 0 Å². The lowest BCUT2D eigenvalue weighted by Crippen LogP contribution is -2.55. The Morgan fingerprint density at radius 3 is 2.64 bits per heavy atom. The second-order valence-corrected chi connectivity index (χ2v) is 12.3. The number of hydrogen-bond donors (Lipinski definition) is 4. The van der Waals surface area contributed by atoms with E-state index in [9.17, 15) is 19.8 Å². The van der Waals surface area contributed by atoms with E-state index in [2.05, 4.69) is 26.6 Å². The molecule has 2 amide bonds. The van der Waals surface area contributed by atoms with Crippen molar-refractivity contribution in [1.82, 2.24) is 10.6 Å². The minimum Gasteiger partial charge on any atom is -0.485 e. The monoisotopic (exact) mass is 639 g/mol. The fraction of sp³-hybridized carbons (Fsp3) is 0.375. The highest BCUT2D eigenvalue weighted by molar-refractivity contribution is 9.10. The van der Waals surface area contributed by atoms with Crippen molar-refractivity contribution < 1.29 is 28.9 Å². The van der Waals surface area contributed by atoms with Crippen LogP contribution in [0.1, 0.15) is 54.2 Å². The second kappa shape index (κ2) is 12.5. The van der Waals surface area contributed by atoms with Gasteiger partial charge >= 0.3 is 0 Å². The number of benzene rings is 3. The summed E-state index contributed by atoms with van der Waals surface area (Å²) in [7, 11) is 0. The second-order valence-electron chi connectivity index (χ2n) is 11.3. The molecule has 0 radical (unpaired) electrons. The molecule has 5 rings (SSSR count). The summed E-state index contributed by atoms with van der Waals surface area (Å²) in [6, 6.07) is 18.0. The van der Waals surface area contributed by atoms with Crippen molar-refractivity contribution in [3.63, 3.8) is 0 Å². The van der Waals surface area contributed by atoms with Gasteiger partial charge in [0.15, 0.2) is 5.82 Å². The van der Waals surface area contributed by atoms with Crippen LogP contribution < -0.4 is 20.3 Å². The van der Waals surface area contributed by atoms with Gasteiger partial charge in [-0.2, -0.15) is 0 Å². The van der Waals surface area contributed by atoms with Crippen molar-refractivity contribution in [3.8, 4) is 5.75 Å². The van der Waals surface area contributed by atoms with Crippen LogP contribution >= 0.6 is 15.9 Å². The number of carbonyl (C=O) groups excluding carboxylic acids is 2. The Bertz CT molecular complexity index is 1450. The highest BCUT2D eigenvalue weighted by Crippen LogP contribution is 2.41. The zero-order chi connectivity index (χ0) is 30.0. The van der Waals surface area contributed by atoms with Crippen molar-refractivity contribution in [2.75, 3.05) is 18.0 Å². The van der Waals surface area contributed by atoms with E-state index in [0.29, 0.717) is 25.1 Å². The van der Waals surface area contributed by atoms with Crippen molar-refractivity contribution in [2.45, 2.75) is 63.0 Å². The number of aliphatic hydroxyl groups excluding tert-OH is 2. The van der Waals surface area contributed by atoms with E-state index in [1.54, 1.807) is 19.9 Å². The molecule has 1 saturated heterocycles. The predicted octanol–water partition coefficient (Wildman–Crippen LogP) is 4.28. The molecule has 0 saturated carbocycles. The maximum Gasteiger partial charge on any atom is 0.254 e. The summed E-state index contributed by atoms with van der Waals surface area (Å²) in [5.41, 5.74) is 0.599. The summed E-state index contributed by atoms with van der Waals surface area (Å²) in [6.07, 6.45) is -0.777. The largest absolute Gasteiger partial charge is 0.485 e. The third kappa shape index (κ3) is 6.36. The van der Waals surface area contributed by atoms with E-state index >= 15 is 4.39 Å². The molecule has 8 nitrogen and oxygen atoms in total. The Kier molecular flexibility index (Phi) is 8.98. The van der Waals surface area contributed by atoms with Crippen molar-refractivity contribution in [3.05, 3.63) is 93.7 Å². The molecule has 42 heavy (non-hydrogen) atoms. The number of amides is 2. The lowest BCUT2D eigenvalue weighted by atomic mass is 9.86. The molecule has 4 atom stereocenters. The van der Waals surface area contributed by atoms with Crippen LogP contribution in [0.15, 0.2) is 71.2 Å². The highest BCUT2D eigenvalue weighted by Gasteiger charge is 2.43. The van der Waals surface area contributed by atoms with Crippen LogP contribution in [0.25, 0.3) is 0 Å². The SMILES string of the molecule is CC1(C)Oc2ccc(Br)cc2[C@@H](NC[C@@H](O)[C@H](Cc2ccccc2)NC(=O)c2cccc(N3CCCC3=O)c2F)[C@@H]1O. The van der Waals surface area contributed by atoms with Crippen molar-refractivity contribution >= 4 is 33.4 Å². The Balaban J connectivity index is 1.37. The molecule has 0 unspecified atom stereocenters. The minimum absolute atomic E-state index is 0.0202. The standard InChI is InChI=1S/C32H35BrFN3O5/c1-32(2)30(40)29(22-17-20(33)13-14-26(22)42-32)35-18-25(38)23(16-19-8-4-3-5-9-19)36-31(41)21-10-6-11-24(28(21)34)37-15-7-12-27(37)39/h3-6,8-11,13-14,17,23,25,29-30,35,38,40H,7,12,15-16,18H2,1-2H3,(H,36,41)/t23-,25+,29+,30-/m0/s1. The molecular weight excluding hydrogens is 605 g/mol. The summed E-state index contributed by atoms with van der Waals surface area (Å²) in [4.78, 5) is 27.0. The van der Waals surface area contributed by atoms with Gasteiger partial charge in [-0.3, -0.25) is 9.59 Å². The number of ether oxygens (including phenoxy) is 1. The first-order chi connectivity index (χ1) is 20.0. The predicted molar refractivity (Wildman–Crippen MR) is 161 cm³/mol. The van der Waals surface area contributed by atoms with E-state index in [1.165, 1.54) is 17.0 Å². The van der Waals surface area contributed by atoms with Gasteiger partial charge in [0.1, 0.15) is 17.5 Å². The fourth-order valence-corrected chi connectivity index (χ4v) is 5.96. The average Bonchev–Trinajstić information content (AvgIpc) is 3.39. The lowest BCUT2D eigenvalue weighted by molar-refractivity contribution is -0.117. The number of halogens is 2. The lowest BCUT2D eigenvalue weighted by Gasteiger charge is -2.43. The molecule has 10 heteroatoms. The third-order valence-corrected chi connectivity index (χ3v) is 8.41. The number of nitrogens with zero attached hydrogens (tertiary/aromatic N) is 1. The van der Waals surface area contributed by atoms with Gasteiger partial charge in [-0.25, -0.2) is 4.39 Å². The van der Waals surface area contributed by atoms with Crippen LogP contribution in [-0.4, -0.2) is 59.0 Å². The molecule has 0 bridgehead atoms. The number of nitrogens with one attached hydrogen (secondary N) is 2. The number of fused-ring (bicyclic) bond motifs is 1. The van der Waals surface area contributed by atoms with Gasteiger partial charge in [0.25, 0.3) is 5.91 Å². The smallest absolute Gasteiger partial charge is 0.254 e. The molecule has 1 fully saturated rings. The number of aliphatic hydroxyl groups is 2. The molecule has 3 aromatic carbocycles. The molecule has 222 valence electrons. The Morgan fingerprint density at radius 1 is 1.17 bits per heavy atom. The molecule has 0 aliphatic carbocycles. The van der Waals surface area contributed by atoms with Crippen molar-refractivity contribution in [2.24, 2.45) is 0 Å². The topological polar surface area (TPSA) is 111 Å². The van der Waals surface area contributed by atoms with Gasteiger partial charge in [0, 0.05) is 29.5 Å². The number of carbonyl (C=O) groups is 2. The maximum absolute atomic E-state index is 15.5. The quantitative estimate of drug-likeness (QED) is 0.278. The first kappa shape index (κ1) is 30.2. The van der Waals surface area contributed by atoms with Gasteiger partial charge < -0.3 is 30.5 Å². The summed E-state index contributed by atoms with van der Waals surface area (Å²) in [5, 5.41) is 28.7. The van der Waals surface area contributed by atoms with Crippen LogP contribution in [0, 0.1) is 5.82 Å². The third-order valence-electron chi connectivity index (χ3n) is 7.92. The first-order valence-corrected chi connectivity index (χ1v) is 14.9. The van der Waals surface area contributed by atoms with Crippen molar-refractivity contribution in [1.29, 1.82) is 0 Å². The molecule has 2 aliphatic heterocycles. The molecular formula is C32H35BrFN3O5. The molecule has 2 heterocycles. The molecule has 3 aromatic rings. The van der Waals surface area contributed by atoms with Gasteiger partial charge in [0.2, 0.25) is 5.91 Å². The van der Waals surface area contributed by atoms with E-state index in [4.69, 9.17) is 4.74 Å². The number of hydrogen-bond acceptors (Lipinski definition) is 6. The summed E-state index contributed by atoms with van der Waals surface area (Å²) in [5.74, 6) is -1.02.